The summed E-state index contributed by atoms with van der Waals surface area (Å²) in [5.41, 5.74) is 0.473. The first-order valence-electron chi connectivity index (χ1n) is 6.77. The van der Waals surface area contributed by atoms with Gasteiger partial charge < -0.3 is 0 Å². The van der Waals surface area contributed by atoms with Gasteiger partial charge in [-0.1, -0.05) is 12.1 Å². The zero-order valence-corrected chi connectivity index (χ0v) is 11.8. The summed E-state index contributed by atoms with van der Waals surface area (Å²) in [6.45, 7) is 0.316. The molecular formula is C14H16N2O3S. The third-order valence-corrected chi connectivity index (χ3v) is 5.70. The van der Waals surface area contributed by atoms with E-state index in [2.05, 4.69) is 4.99 Å². The fourth-order valence-corrected chi connectivity index (χ4v) is 4.16. The van der Waals surface area contributed by atoms with Crippen molar-refractivity contribution >= 4 is 27.8 Å². The van der Waals surface area contributed by atoms with E-state index in [-0.39, 0.29) is 16.6 Å². The fraction of sp³-hybridized carbons (Fsp3) is 0.429. The summed E-state index contributed by atoms with van der Waals surface area (Å²) >= 11 is 0. The second kappa shape index (κ2) is 5.01. The predicted molar refractivity (Wildman–Crippen MR) is 75.5 cm³/mol. The normalized spacial score (nSPS) is 23.9. The standard InChI is InChI=1S/C14H16N2O3S/c17-13-6-3-4-11(13)8-9-16-10-15-12-5-1-2-7-14(12)20(16,18)19/h1-2,5,7,10-11H,3-4,6,8-9H2. The molecule has 0 amide bonds. The van der Waals surface area contributed by atoms with Gasteiger partial charge in [-0.25, -0.2) is 13.4 Å². The number of fused-ring (bicyclic) bond motifs is 1. The van der Waals surface area contributed by atoms with Crippen LogP contribution in [0.25, 0.3) is 0 Å². The van der Waals surface area contributed by atoms with Crippen molar-refractivity contribution in [2.45, 2.75) is 30.6 Å². The molecule has 1 aromatic rings. The van der Waals surface area contributed by atoms with Crippen molar-refractivity contribution in [3.8, 4) is 0 Å². The van der Waals surface area contributed by atoms with Gasteiger partial charge >= 0.3 is 0 Å². The van der Waals surface area contributed by atoms with Gasteiger partial charge in [0.15, 0.2) is 0 Å². The lowest BCUT2D eigenvalue weighted by Gasteiger charge is -2.24. The van der Waals surface area contributed by atoms with Crippen molar-refractivity contribution in [3.05, 3.63) is 24.3 Å². The number of carbonyl (C=O) groups excluding carboxylic acids is 1. The Labute approximate surface area is 118 Å². The summed E-state index contributed by atoms with van der Waals surface area (Å²) in [5.74, 6) is 0.271. The minimum Gasteiger partial charge on any atom is -0.299 e. The van der Waals surface area contributed by atoms with E-state index in [9.17, 15) is 13.2 Å². The smallest absolute Gasteiger partial charge is 0.267 e. The van der Waals surface area contributed by atoms with Gasteiger partial charge in [0.1, 0.15) is 17.0 Å². The Morgan fingerprint density at radius 2 is 2.10 bits per heavy atom. The van der Waals surface area contributed by atoms with Gasteiger partial charge in [0.25, 0.3) is 10.0 Å². The van der Waals surface area contributed by atoms with Crippen LogP contribution in [0.5, 0.6) is 0 Å². The van der Waals surface area contributed by atoms with E-state index in [0.29, 0.717) is 25.1 Å². The van der Waals surface area contributed by atoms with Crippen molar-refractivity contribution in [2.75, 3.05) is 6.54 Å². The molecule has 1 saturated carbocycles. The Morgan fingerprint density at radius 1 is 1.30 bits per heavy atom. The van der Waals surface area contributed by atoms with Crippen LogP contribution in [0.15, 0.2) is 34.2 Å². The van der Waals surface area contributed by atoms with E-state index in [1.54, 1.807) is 24.3 Å². The van der Waals surface area contributed by atoms with Gasteiger partial charge in [-0.05, 0) is 31.4 Å². The largest absolute Gasteiger partial charge is 0.299 e. The van der Waals surface area contributed by atoms with Crippen LogP contribution in [-0.4, -0.2) is 31.4 Å². The molecule has 0 radical (unpaired) electrons. The molecule has 1 fully saturated rings. The van der Waals surface area contributed by atoms with Crippen LogP contribution in [0, 0.1) is 5.92 Å². The number of para-hydroxylation sites is 1. The molecule has 0 saturated heterocycles. The first-order valence-corrected chi connectivity index (χ1v) is 8.21. The Kier molecular flexibility index (Phi) is 3.33. The van der Waals surface area contributed by atoms with E-state index in [1.165, 1.54) is 10.6 Å². The monoisotopic (exact) mass is 292 g/mol. The summed E-state index contributed by atoms with van der Waals surface area (Å²) in [4.78, 5) is 16.0. The van der Waals surface area contributed by atoms with Crippen LogP contribution in [0.3, 0.4) is 0 Å². The number of rotatable bonds is 3. The highest BCUT2D eigenvalue weighted by molar-refractivity contribution is 7.89. The first kappa shape index (κ1) is 13.3. The summed E-state index contributed by atoms with van der Waals surface area (Å²) < 4.78 is 26.1. The molecule has 6 heteroatoms. The van der Waals surface area contributed by atoms with Gasteiger partial charge in [0, 0.05) is 18.9 Å². The highest BCUT2D eigenvalue weighted by atomic mass is 32.2. The highest BCUT2D eigenvalue weighted by Crippen LogP contribution is 2.31. The molecule has 0 spiro atoms. The molecular weight excluding hydrogens is 276 g/mol. The van der Waals surface area contributed by atoms with Gasteiger partial charge in [-0.2, -0.15) is 0 Å². The molecule has 0 N–H and O–H groups in total. The van der Waals surface area contributed by atoms with E-state index in [1.807, 2.05) is 0 Å². The lowest BCUT2D eigenvalue weighted by molar-refractivity contribution is -0.120. The lowest BCUT2D eigenvalue weighted by Crippen LogP contribution is -2.34. The number of aliphatic imine (C=N–C) groups is 1. The van der Waals surface area contributed by atoms with Crippen molar-refractivity contribution in [3.63, 3.8) is 0 Å². The SMILES string of the molecule is O=C1CCCC1CCN1C=Nc2ccccc2S1(=O)=O. The van der Waals surface area contributed by atoms with Crippen molar-refractivity contribution < 1.29 is 13.2 Å². The zero-order valence-electron chi connectivity index (χ0n) is 11.0. The van der Waals surface area contributed by atoms with Crippen LogP contribution >= 0.6 is 0 Å². The molecule has 1 aromatic carbocycles. The molecule has 1 aliphatic carbocycles. The Hall–Kier alpha value is -1.69. The van der Waals surface area contributed by atoms with Gasteiger partial charge in [0.2, 0.25) is 0 Å². The zero-order chi connectivity index (χ0) is 14.2. The molecule has 106 valence electrons. The van der Waals surface area contributed by atoms with Gasteiger partial charge in [-0.3, -0.25) is 9.10 Å². The molecule has 1 aliphatic heterocycles. The molecule has 2 aliphatic rings. The van der Waals surface area contributed by atoms with E-state index >= 15 is 0 Å². The van der Waals surface area contributed by atoms with Crippen LogP contribution in [0.4, 0.5) is 5.69 Å². The number of ketones is 1. The van der Waals surface area contributed by atoms with Crippen LogP contribution < -0.4 is 0 Å². The highest BCUT2D eigenvalue weighted by Gasteiger charge is 2.30. The maximum absolute atomic E-state index is 12.4. The number of sulfonamides is 1. The number of benzene rings is 1. The van der Waals surface area contributed by atoms with E-state index in [4.69, 9.17) is 0 Å². The van der Waals surface area contributed by atoms with Gasteiger partial charge in [-0.15, -0.1) is 0 Å². The third kappa shape index (κ3) is 2.24. The summed E-state index contributed by atoms with van der Waals surface area (Å²) in [6.07, 6.45) is 4.37. The quantitative estimate of drug-likeness (QED) is 0.857. The second-order valence-electron chi connectivity index (χ2n) is 5.17. The number of carbonyl (C=O) groups is 1. The van der Waals surface area contributed by atoms with E-state index in [0.717, 1.165) is 12.8 Å². The molecule has 0 bridgehead atoms. The summed E-state index contributed by atoms with van der Waals surface area (Å²) in [5, 5.41) is 0. The number of Topliss-reactive ketones (excluding diaryl/α,β-unsaturated/α-hetero) is 1. The van der Waals surface area contributed by atoms with Crippen LogP contribution in [-0.2, 0) is 14.8 Å². The second-order valence-corrected chi connectivity index (χ2v) is 7.03. The topological polar surface area (TPSA) is 66.8 Å². The maximum Gasteiger partial charge on any atom is 0.267 e. The molecule has 1 atom stereocenters. The van der Waals surface area contributed by atoms with Crippen molar-refractivity contribution in [1.29, 1.82) is 0 Å². The number of hydrogen-bond acceptors (Lipinski definition) is 4. The molecule has 1 heterocycles. The average molecular weight is 292 g/mol. The molecule has 0 aromatic heterocycles. The maximum atomic E-state index is 12.4. The van der Waals surface area contributed by atoms with Crippen molar-refractivity contribution in [1.82, 2.24) is 4.31 Å². The average Bonchev–Trinajstić information content (AvgIpc) is 2.84. The molecule has 20 heavy (non-hydrogen) atoms. The summed E-state index contributed by atoms with van der Waals surface area (Å²) in [6, 6.07) is 6.70. The Morgan fingerprint density at radius 3 is 2.85 bits per heavy atom. The fourth-order valence-electron chi connectivity index (χ4n) is 2.75. The molecule has 5 nitrogen and oxygen atoms in total. The minimum atomic E-state index is -3.52. The van der Waals surface area contributed by atoms with Crippen LogP contribution in [0.1, 0.15) is 25.7 Å². The molecule has 1 unspecified atom stereocenters. The van der Waals surface area contributed by atoms with Crippen molar-refractivity contribution in [2.24, 2.45) is 10.9 Å². The van der Waals surface area contributed by atoms with E-state index < -0.39 is 10.0 Å². The molecule has 3 rings (SSSR count). The summed E-state index contributed by atoms with van der Waals surface area (Å²) in [7, 11) is -3.52. The minimum absolute atomic E-state index is 0.00997. The first-order chi connectivity index (χ1) is 9.59. The Balaban J connectivity index is 1.78. The number of hydrogen-bond donors (Lipinski definition) is 0. The predicted octanol–water partition coefficient (Wildman–Crippen LogP) is 2.11. The number of nitrogens with zero attached hydrogens (tertiary/aromatic N) is 2. The van der Waals surface area contributed by atoms with Gasteiger partial charge in [0.05, 0.1) is 5.69 Å². The Bertz CT molecular complexity index is 667. The third-order valence-electron chi connectivity index (χ3n) is 3.91. The van der Waals surface area contributed by atoms with Crippen LogP contribution in [0.2, 0.25) is 0 Å². The lowest BCUT2D eigenvalue weighted by atomic mass is 10.0.